The van der Waals surface area contributed by atoms with Gasteiger partial charge in [-0.3, -0.25) is 9.59 Å². The first kappa shape index (κ1) is 22.7. The van der Waals surface area contributed by atoms with Crippen molar-refractivity contribution in [3.05, 3.63) is 59.7 Å². The van der Waals surface area contributed by atoms with Crippen molar-refractivity contribution in [3.63, 3.8) is 0 Å². The second-order valence-electron chi connectivity index (χ2n) is 6.70. The zero-order valence-electron chi connectivity index (χ0n) is 17.1. The Balaban J connectivity index is 2.10. The van der Waals surface area contributed by atoms with Crippen LogP contribution in [-0.4, -0.2) is 45.7 Å². The molecule has 29 heavy (non-hydrogen) atoms. The van der Waals surface area contributed by atoms with Gasteiger partial charge in [-0.15, -0.1) is 11.6 Å². The van der Waals surface area contributed by atoms with Crippen molar-refractivity contribution in [1.29, 1.82) is 0 Å². The van der Waals surface area contributed by atoms with Crippen molar-refractivity contribution in [1.82, 2.24) is 5.32 Å². The molecule has 2 aromatic carbocycles. The van der Waals surface area contributed by atoms with Crippen LogP contribution in [-0.2, 0) is 9.53 Å². The summed E-state index contributed by atoms with van der Waals surface area (Å²) in [5.41, 5.74) is 2.47. The smallest absolute Gasteiger partial charge is 0.253 e. The van der Waals surface area contributed by atoms with Crippen LogP contribution < -0.4 is 15.5 Å². The van der Waals surface area contributed by atoms with Crippen molar-refractivity contribution in [2.24, 2.45) is 0 Å². The molecule has 0 radical (unpaired) electrons. The van der Waals surface area contributed by atoms with E-state index >= 15 is 0 Å². The van der Waals surface area contributed by atoms with Gasteiger partial charge < -0.3 is 20.3 Å². The average Bonchev–Trinajstić information content (AvgIpc) is 2.73. The first-order chi connectivity index (χ1) is 13.9. The Labute approximate surface area is 177 Å². The fourth-order valence-electron chi connectivity index (χ4n) is 2.78. The molecular weight excluding hydrogens is 390 g/mol. The number of hydrogen-bond acceptors (Lipinski definition) is 4. The van der Waals surface area contributed by atoms with E-state index in [1.165, 1.54) is 0 Å². The van der Waals surface area contributed by atoms with Crippen LogP contribution in [0.3, 0.4) is 0 Å². The van der Waals surface area contributed by atoms with Gasteiger partial charge in [0.1, 0.15) is 5.38 Å². The monoisotopic (exact) mass is 417 g/mol. The number of rotatable bonds is 10. The molecule has 0 saturated carbocycles. The molecule has 0 heterocycles. The maximum absolute atomic E-state index is 12.7. The molecule has 1 atom stereocenters. The van der Waals surface area contributed by atoms with Gasteiger partial charge in [-0.25, -0.2) is 0 Å². The second-order valence-corrected chi connectivity index (χ2v) is 7.13. The molecular formula is C22H28ClN3O3. The van der Waals surface area contributed by atoms with Crippen molar-refractivity contribution in [2.75, 3.05) is 44.1 Å². The summed E-state index contributed by atoms with van der Waals surface area (Å²) in [6, 6.07) is 14.4. The summed E-state index contributed by atoms with van der Waals surface area (Å²) in [6.45, 7) is 3.71. The molecule has 0 aliphatic heterocycles. The summed E-state index contributed by atoms with van der Waals surface area (Å²) in [5, 5.41) is 4.88. The maximum Gasteiger partial charge on any atom is 0.253 e. The summed E-state index contributed by atoms with van der Waals surface area (Å²) in [5.74, 6) is -0.551. The molecule has 0 aliphatic carbocycles. The van der Waals surface area contributed by atoms with Gasteiger partial charge in [0.05, 0.1) is 5.56 Å². The minimum absolute atomic E-state index is 0.202. The van der Waals surface area contributed by atoms with Gasteiger partial charge in [-0.05, 0) is 37.1 Å². The van der Waals surface area contributed by atoms with Gasteiger partial charge in [-0.2, -0.15) is 0 Å². The van der Waals surface area contributed by atoms with E-state index in [4.69, 9.17) is 16.3 Å². The molecule has 156 valence electrons. The predicted octanol–water partition coefficient (Wildman–Crippen LogP) is 3.83. The number of halogens is 1. The Morgan fingerprint density at radius 1 is 1.14 bits per heavy atom. The van der Waals surface area contributed by atoms with Crippen LogP contribution in [0, 0.1) is 0 Å². The Hall–Kier alpha value is -2.57. The minimum Gasteiger partial charge on any atom is -0.382 e. The van der Waals surface area contributed by atoms with Crippen molar-refractivity contribution < 1.29 is 14.3 Å². The Kier molecular flexibility index (Phi) is 8.96. The van der Waals surface area contributed by atoms with E-state index in [2.05, 4.69) is 10.6 Å². The van der Waals surface area contributed by atoms with Crippen LogP contribution in [0.25, 0.3) is 0 Å². The van der Waals surface area contributed by atoms with Crippen LogP contribution in [0.15, 0.2) is 48.5 Å². The maximum atomic E-state index is 12.7. The SMILES string of the molecule is CCOCCCNC(=O)c1cc(NC(=O)[C@@H](Cl)c2ccccc2)ccc1N(C)C. The standard InChI is InChI=1S/C22H28ClN3O3/c1-4-29-14-8-13-24-21(27)18-15-17(11-12-19(18)26(2)3)25-22(28)20(23)16-9-6-5-7-10-16/h5-7,9-12,15,20H,4,8,13-14H2,1-3H3,(H,24,27)(H,25,28)/t20-/m0/s1. The van der Waals surface area contributed by atoms with Crippen LogP contribution in [0.4, 0.5) is 11.4 Å². The number of benzene rings is 2. The number of anilines is 2. The number of alkyl halides is 1. The number of hydrogen-bond donors (Lipinski definition) is 2. The third kappa shape index (κ3) is 6.76. The molecule has 2 aromatic rings. The van der Waals surface area contributed by atoms with Crippen molar-refractivity contribution >= 4 is 34.8 Å². The second kappa shape index (κ2) is 11.4. The minimum atomic E-state index is -0.819. The number of carbonyl (C=O) groups excluding carboxylic acids is 2. The highest BCUT2D eigenvalue weighted by atomic mass is 35.5. The first-order valence-corrected chi connectivity index (χ1v) is 10.0. The highest BCUT2D eigenvalue weighted by Crippen LogP contribution is 2.26. The first-order valence-electron chi connectivity index (χ1n) is 9.61. The lowest BCUT2D eigenvalue weighted by Crippen LogP contribution is -2.27. The fraction of sp³-hybridized carbons (Fsp3) is 0.364. The highest BCUT2D eigenvalue weighted by molar-refractivity contribution is 6.32. The van der Waals surface area contributed by atoms with E-state index in [0.717, 1.165) is 12.1 Å². The fourth-order valence-corrected chi connectivity index (χ4v) is 2.98. The van der Waals surface area contributed by atoms with Gasteiger partial charge in [-0.1, -0.05) is 30.3 Å². The van der Waals surface area contributed by atoms with Gasteiger partial charge in [0.2, 0.25) is 5.91 Å². The predicted molar refractivity (Wildman–Crippen MR) is 118 cm³/mol. The van der Waals surface area contributed by atoms with Gasteiger partial charge >= 0.3 is 0 Å². The van der Waals surface area contributed by atoms with Crippen molar-refractivity contribution in [2.45, 2.75) is 18.7 Å². The van der Waals surface area contributed by atoms with E-state index in [1.54, 1.807) is 30.3 Å². The van der Waals surface area contributed by atoms with Crippen LogP contribution in [0.1, 0.15) is 34.6 Å². The molecule has 0 saturated heterocycles. The number of nitrogens with one attached hydrogen (secondary N) is 2. The molecule has 0 fully saturated rings. The van der Waals surface area contributed by atoms with Crippen LogP contribution in [0.5, 0.6) is 0 Å². The number of ether oxygens (including phenoxy) is 1. The normalized spacial score (nSPS) is 11.6. The Bertz CT molecular complexity index is 812. The molecule has 6 nitrogen and oxygen atoms in total. The Morgan fingerprint density at radius 2 is 1.86 bits per heavy atom. The molecule has 0 aromatic heterocycles. The molecule has 2 N–H and O–H groups in total. The zero-order chi connectivity index (χ0) is 21.2. The molecule has 0 spiro atoms. The van der Waals surface area contributed by atoms with E-state index in [-0.39, 0.29) is 11.8 Å². The number of carbonyl (C=O) groups is 2. The summed E-state index contributed by atoms with van der Waals surface area (Å²) < 4.78 is 5.29. The molecule has 0 bridgehead atoms. The third-order valence-corrected chi connectivity index (χ3v) is 4.72. The molecule has 2 amide bonds. The lowest BCUT2D eigenvalue weighted by molar-refractivity contribution is -0.116. The highest BCUT2D eigenvalue weighted by Gasteiger charge is 2.19. The van der Waals surface area contributed by atoms with Gasteiger partial charge in [0.25, 0.3) is 5.91 Å². The number of amides is 2. The summed E-state index contributed by atoms with van der Waals surface area (Å²) in [7, 11) is 3.73. The largest absolute Gasteiger partial charge is 0.382 e. The van der Waals surface area contributed by atoms with Gasteiger partial charge in [0, 0.05) is 45.2 Å². The summed E-state index contributed by atoms with van der Waals surface area (Å²) in [6.07, 6.45) is 0.734. The third-order valence-electron chi connectivity index (χ3n) is 4.27. The average molecular weight is 418 g/mol. The topological polar surface area (TPSA) is 70.7 Å². The quantitative estimate of drug-likeness (QED) is 0.455. The van der Waals surface area contributed by atoms with E-state index in [9.17, 15) is 9.59 Å². The molecule has 0 unspecified atom stereocenters. The van der Waals surface area contributed by atoms with E-state index in [1.807, 2.05) is 44.1 Å². The zero-order valence-corrected chi connectivity index (χ0v) is 17.8. The lowest BCUT2D eigenvalue weighted by atomic mass is 10.1. The molecule has 2 rings (SSSR count). The molecule has 0 aliphatic rings. The lowest BCUT2D eigenvalue weighted by Gasteiger charge is -2.19. The molecule has 7 heteroatoms. The van der Waals surface area contributed by atoms with Crippen LogP contribution in [0.2, 0.25) is 0 Å². The number of nitrogens with zero attached hydrogens (tertiary/aromatic N) is 1. The van der Waals surface area contributed by atoms with Gasteiger partial charge in [0.15, 0.2) is 0 Å². The van der Waals surface area contributed by atoms with E-state index in [0.29, 0.717) is 36.6 Å². The summed E-state index contributed by atoms with van der Waals surface area (Å²) >= 11 is 6.29. The van der Waals surface area contributed by atoms with E-state index < -0.39 is 5.38 Å². The Morgan fingerprint density at radius 3 is 2.52 bits per heavy atom. The van der Waals surface area contributed by atoms with Crippen LogP contribution >= 0.6 is 11.6 Å². The summed E-state index contributed by atoms with van der Waals surface area (Å²) in [4.78, 5) is 27.1. The van der Waals surface area contributed by atoms with Crippen molar-refractivity contribution in [3.8, 4) is 0 Å².